The van der Waals surface area contributed by atoms with Gasteiger partial charge in [-0.1, -0.05) is 36.7 Å². The molecule has 138 valence electrons. The molecule has 1 atom stereocenters. The Kier molecular flexibility index (Phi) is 7.04. The quantitative estimate of drug-likeness (QED) is 0.717. The number of benzene rings is 2. The maximum atomic E-state index is 12.6. The average Bonchev–Trinajstić information content (AvgIpc) is 2.62. The van der Waals surface area contributed by atoms with Crippen molar-refractivity contribution in [3.8, 4) is 5.75 Å². The van der Waals surface area contributed by atoms with Gasteiger partial charge in [0.1, 0.15) is 5.75 Å². The van der Waals surface area contributed by atoms with Gasteiger partial charge in [-0.05, 0) is 50.1 Å². The van der Waals surface area contributed by atoms with E-state index < -0.39 is 12.1 Å². The molecule has 2 aromatic carbocycles. The summed E-state index contributed by atoms with van der Waals surface area (Å²) in [5.41, 5.74) is 1.61. The Morgan fingerprint density at radius 2 is 1.88 bits per heavy atom. The third-order valence-electron chi connectivity index (χ3n) is 3.76. The van der Waals surface area contributed by atoms with Gasteiger partial charge in [0.2, 0.25) is 0 Å². The second kappa shape index (κ2) is 9.25. The second-order valence-electron chi connectivity index (χ2n) is 5.68. The van der Waals surface area contributed by atoms with Crippen molar-refractivity contribution in [2.75, 3.05) is 11.9 Å². The van der Waals surface area contributed by atoms with Crippen molar-refractivity contribution >= 4 is 29.2 Å². The van der Waals surface area contributed by atoms with Gasteiger partial charge >= 0.3 is 5.97 Å². The molecule has 5 nitrogen and oxygen atoms in total. The third kappa shape index (κ3) is 4.99. The van der Waals surface area contributed by atoms with E-state index in [1.165, 1.54) is 6.07 Å². The van der Waals surface area contributed by atoms with Crippen LogP contribution in [0.15, 0.2) is 42.5 Å². The number of halogens is 1. The Balaban J connectivity index is 2.13. The Morgan fingerprint density at radius 1 is 1.15 bits per heavy atom. The number of rotatable bonds is 7. The van der Waals surface area contributed by atoms with E-state index in [1.54, 1.807) is 19.1 Å². The van der Waals surface area contributed by atoms with Crippen molar-refractivity contribution in [2.45, 2.75) is 33.3 Å². The first-order valence-corrected chi connectivity index (χ1v) is 8.83. The fourth-order valence-corrected chi connectivity index (χ4v) is 2.55. The highest BCUT2D eigenvalue weighted by molar-refractivity contribution is 6.33. The summed E-state index contributed by atoms with van der Waals surface area (Å²) in [6.45, 7) is 5.75. The summed E-state index contributed by atoms with van der Waals surface area (Å²) in [5, 5.41) is 3.04. The predicted molar refractivity (Wildman–Crippen MR) is 102 cm³/mol. The zero-order valence-corrected chi connectivity index (χ0v) is 15.8. The van der Waals surface area contributed by atoms with Crippen molar-refractivity contribution < 1.29 is 19.1 Å². The number of amides is 1. The molecule has 1 amide bonds. The Hall–Kier alpha value is -2.53. The van der Waals surface area contributed by atoms with Crippen molar-refractivity contribution in [3.05, 3.63) is 58.6 Å². The summed E-state index contributed by atoms with van der Waals surface area (Å²) in [5.74, 6) is -0.164. The molecule has 0 saturated carbocycles. The smallest absolute Gasteiger partial charge is 0.339 e. The number of anilines is 1. The van der Waals surface area contributed by atoms with Crippen molar-refractivity contribution in [2.24, 2.45) is 0 Å². The van der Waals surface area contributed by atoms with Crippen LogP contribution in [0.1, 0.15) is 36.2 Å². The molecule has 0 saturated heterocycles. The molecule has 0 aromatic heterocycles. The first-order chi connectivity index (χ1) is 12.5. The minimum absolute atomic E-state index is 0.208. The zero-order valence-electron chi connectivity index (χ0n) is 15.0. The first kappa shape index (κ1) is 19.8. The molecular weight excluding hydrogens is 354 g/mol. The van der Waals surface area contributed by atoms with Crippen LogP contribution in [-0.2, 0) is 9.53 Å². The van der Waals surface area contributed by atoms with Crippen LogP contribution in [0.25, 0.3) is 0 Å². The summed E-state index contributed by atoms with van der Waals surface area (Å²) in [6.07, 6.45) is -0.156. The molecule has 0 aliphatic carbocycles. The standard InChI is InChI=1S/C20H22ClNO4/c1-4-17(26-18-9-7-6-8-13(18)3)19(23)22-14-10-11-16(21)15(12-14)20(24)25-5-2/h6-12,17H,4-5H2,1-3H3,(H,22,23)/t17-/m0/s1. The molecule has 26 heavy (non-hydrogen) atoms. The molecule has 2 aromatic rings. The van der Waals surface area contributed by atoms with E-state index in [2.05, 4.69) is 5.32 Å². The van der Waals surface area contributed by atoms with Gasteiger partial charge in [-0.25, -0.2) is 4.79 Å². The number of hydrogen-bond acceptors (Lipinski definition) is 4. The monoisotopic (exact) mass is 375 g/mol. The molecule has 0 bridgehead atoms. The van der Waals surface area contributed by atoms with E-state index in [0.29, 0.717) is 17.9 Å². The van der Waals surface area contributed by atoms with Gasteiger partial charge in [0.05, 0.1) is 17.2 Å². The molecule has 0 spiro atoms. The SMILES string of the molecule is CCOC(=O)c1cc(NC(=O)[C@H](CC)Oc2ccccc2C)ccc1Cl. The number of carbonyl (C=O) groups is 2. The molecule has 6 heteroatoms. The molecule has 2 rings (SSSR count). The predicted octanol–water partition coefficient (Wildman–Crippen LogP) is 4.62. The highest BCUT2D eigenvalue weighted by Gasteiger charge is 2.20. The Morgan fingerprint density at radius 3 is 2.54 bits per heavy atom. The number of nitrogens with one attached hydrogen (secondary N) is 1. The van der Waals surface area contributed by atoms with Crippen LogP contribution in [0.2, 0.25) is 5.02 Å². The largest absolute Gasteiger partial charge is 0.480 e. The summed E-state index contributed by atoms with van der Waals surface area (Å²) in [6, 6.07) is 12.2. The summed E-state index contributed by atoms with van der Waals surface area (Å²) in [7, 11) is 0. The lowest BCUT2D eigenvalue weighted by atomic mass is 10.1. The molecule has 0 heterocycles. The summed E-state index contributed by atoms with van der Waals surface area (Å²) in [4.78, 5) is 24.5. The fourth-order valence-electron chi connectivity index (χ4n) is 2.36. The van der Waals surface area contributed by atoms with Gasteiger partial charge < -0.3 is 14.8 Å². The van der Waals surface area contributed by atoms with Gasteiger partial charge in [-0.15, -0.1) is 0 Å². The van der Waals surface area contributed by atoms with Gasteiger partial charge in [-0.2, -0.15) is 0 Å². The van der Waals surface area contributed by atoms with E-state index in [9.17, 15) is 9.59 Å². The highest BCUT2D eigenvalue weighted by atomic mass is 35.5. The lowest BCUT2D eigenvalue weighted by Gasteiger charge is -2.19. The molecule has 0 fully saturated rings. The molecule has 1 N–H and O–H groups in total. The van der Waals surface area contributed by atoms with Crippen molar-refractivity contribution in [1.29, 1.82) is 0 Å². The molecular formula is C20H22ClNO4. The number of aryl methyl sites for hydroxylation is 1. The van der Waals surface area contributed by atoms with E-state index >= 15 is 0 Å². The average molecular weight is 376 g/mol. The van der Waals surface area contributed by atoms with Crippen LogP contribution in [0.5, 0.6) is 5.75 Å². The highest BCUT2D eigenvalue weighted by Crippen LogP contribution is 2.23. The van der Waals surface area contributed by atoms with Crippen LogP contribution in [0.3, 0.4) is 0 Å². The first-order valence-electron chi connectivity index (χ1n) is 8.46. The summed E-state index contributed by atoms with van der Waals surface area (Å²) < 4.78 is 10.8. The van der Waals surface area contributed by atoms with Gasteiger partial charge in [0, 0.05) is 5.69 Å². The van der Waals surface area contributed by atoms with Gasteiger partial charge in [0.25, 0.3) is 5.91 Å². The van der Waals surface area contributed by atoms with Crippen LogP contribution >= 0.6 is 11.6 Å². The number of hydrogen-bond donors (Lipinski definition) is 1. The summed E-state index contributed by atoms with van der Waals surface area (Å²) >= 11 is 6.04. The van der Waals surface area contributed by atoms with Crippen LogP contribution in [0, 0.1) is 6.92 Å². The van der Waals surface area contributed by atoms with Crippen LogP contribution < -0.4 is 10.1 Å². The Bertz CT molecular complexity index is 791. The number of para-hydroxylation sites is 1. The van der Waals surface area contributed by atoms with Gasteiger partial charge in [-0.3, -0.25) is 4.79 Å². The minimum atomic E-state index is -0.655. The molecule has 0 radical (unpaired) electrons. The van der Waals surface area contributed by atoms with Crippen molar-refractivity contribution in [3.63, 3.8) is 0 Å². The lowest BCUT2D eigenvalue weighted by molar-refractivity contribution is -0.122. The van der Waals surface area contributed by atoms with E-state index in [1.807, 2.05) is 38.1 Å². The van der Waals surface area contributed by atoms with Gasteiger partial charge in [0.15, 0.2) is 6.10 Å². The normalized spacial score (nSPS) is 11.5. The van der Waals surface area contributed by atoms with Crippen LogP contribution in [0.4, 0.5) is 5.69 Å². The molecule has 0 aliphatic rings. The topological polar surface area (TPSA) is 64.6 Å². The molecule has 0 unspecified atom stereocenters. The lowest BCUT2D eigenvalue weighted by Crippen LogP contribution is -2.32. The number of ether oxygens (including phenoxy) is 2. The minimum Gasteiger partial charge on any atom is -0.480 e. The maximum Gasteiger partial charge on any atom is 0.339 e. The van der Waals surface area contributed by atoms with E-state index in [0.717, 1.165) is 5.56 Å². The fraction of sp³-hybridized carbons (Fsp3) is 0.300. The van der Waals surface area contributed by atoms with Crippen molar-refractivity contribution in [1.82, 2.24) is 0 Å². The van der Waals surface area contributed by atoms with Crippen LogP contribution in [-0.4, -0.2) is 24.6 Å². The van der Waals surface area contributed by atoms with E-state index in [-0.39, 0.29) is 23.1 Å². The zero-order chi connectivity index (χ0) is 19.1. The third-order valence-corrected chi connectivity index (χ3v) is 4.08. The second-order valence-corrected chi connectivity index (χ2v) is 6.09. The number of carbonyl (C=O) groups excluding carboxylic acids is 2. The maximum absolute atomic E-state index is 12.6. The Labute approximate surface area is 158 Å². The molecule has 0 aliphatic heterocycles. The number of esters is 1. The van der Waals surface area contributed by atoms with E-state index in [4.69, 9.17) is 21.1 Å².